The van der Waals surface area contributed by atoms with Crippen molar-refractivity contribution in [1.29, 1.82) is 0 Å². The van der Waals surface area contributed by atoms with Crippen LogP contribution in [0, 0.1) is 5.82 Å². The van der Waals surface area contributed by atoms with Gasteiger partial charge in [0.1, 0.15) is 12.2 Å². The molecular formula is C24H27FNO5P. The van der Waals surface area contributed by atoms with E-state index >= 15 is 0 Å². The van der Waals surface area contributed by atoms with Gasteiger partial charge in [-0.25, -0.2) is 4.39 Å². The number of nitrogens with zero attached hydrogens (tertiary/aromatic N) is 1. The van der Waals surface area contributed by atoms with Crippen LogP contribution in [0.2, 0.25) is 0 Å². The smallest absolute Gasteiger partial charge is 0.310 e. The first-order valence-electron chi connectivity index (χ1n) is 10.6. The van der Waals surface area contributed by atoms with Crippen LogP contribution in [0.4, 0.5) is 4.39 Å². The minimum Gasteiger partial charge on any atom is -0.481 e. The molecule has 0 fully saturated rings. The Balaban J connectivity index is 2.14. The minimum atomic E-state index is -4.05. The highest BCUT2D eigenvalue weighted by atomic mass is 31.2. The van der Waals surface area contributed by atoms with Crippen LogP contribution in [0.25, 0.3) is 17.2 Å². The summed E-state index contributed by atoms with van der Waals surface area (Å²) >= 11 is 0. The Hall–Kier alpha value is -2.63. The monoisotopic (exact) mass is 459 g/mol. The molecule has 0 radical (unpaired) electrons. The van der Waals surface area contributed by atoms with E-state index in [1.165, 1.54) is 18.2 Å². The highest BCUT2D eigenvalue weighted by molar-refractivity contribution is 7.62. The predicted octanol–water partition coefficient (Wildman–Crippen LogP) is 5.17. The summed E-state index contributed by atoms with van der Waals surface area (Å²) in [7, 11) is -4.05. The van der Waals surface area contributed by atoms with E-state index in [9.17, 15) is 23.4 Å². The molecule has 3 rings (SSSR count). The van der Waals surface area contributed by atoms with Crippen molar-refractivity contribution in [2.75, 3.05) is 6.16 Å². The standard InChI is InChI=1S/C24H27FNO5P/c1-15(2)24-20(11-12-32(30,31)14-18(27)13-22(28)29)23(16-7-9-17(25)10-8-16)19-5-3-4-6-21(19)26-24/h7-12,15H,3-6,13-14H2,1-2H3,(H,28,29)(H,30,31). The van der Waals surface area contributed by atoms with Crippen molar-refractivity contribution in [2.24, 2.45) is 0 Å². The number of halogens is 1. The van der Waals surface area contributed by atoms with Gasteiger partial charge in [0.15, 0.2) is 5.78 Å². The zero-order valence-electron chi connectivity index (χ0n) is 18.2. The highest BCUT2D eigenvalue weighted by Gasteiger charge is 2.25. The zero-order chi connectivity index (χ0) is 23.5. The van der Waals surface area contributed by atoms with Crippen molar-refractivity contribution < 1.29 is 28.5 Å². The Morgan fingerprint density at radius 2 is 1.84 bits per heavy atom. The lowest BCUT2D eigenvalue weighted by Gasteiger charge is -2.25. The number of ketones is 1. The Morgan fingerprint density at radius 3 is 2.47 bits per heavy atom. The van der Waals surface area contributed by atoms with E-state index in [2.05, 4.69) is 0 Å². The topological polar surface area (TPSA) is 105 Å². The predicted molar refractivity (Wildman–Crippen MR) is 121 cm³/mol. The number of aromatic nitrogens is 1. The van der Waals surface area contributed by atoms with E-state index in [1.54, 1.807) is 12.1 Å². The molecule has 1 aliphatic carbocycles. The van der Waals surface area contributed by atoms with Gasteiger partial charge in [0.25, 0.3) is 0 Å². The summed E-state index contributed by atoms with van der Waals surface area (Å²) in [6.45, 7) is 3.97. The van der Waals surface area contributed by atoms with Crippen LogP contribution in [0.5, 0.6) is 0 Å². The first-order valence-corrected chi connectivity index (χ1v) is 12.5. The number of aryl methyl sites for hydroxylation is 1. The van der Waals surface area contributed by atoms with E-state index < -0.39 is 31.7 Å². The van der Waals surface area contributed by atoms with Crippen molar-refractivity contribution in [1.82, 2.24) is 4.98 Å². The maximum Gasteiger partial charge on any atom is 0.310 e. The second-order valence-electron chi connectivity index (χ2n) is 8.42. The zero-order valence-corrected chi connectivity index (χ0v) is 19.1. The van der Waals surface area contributed by atoms with Gasteiger partial charge in [-0.3, -0.25) is 19.1 Å². The van der Waals surface area contributed by atoms with Gasteiger partial charge in [-0.15, -0.1) is 0 Å². The lowest BCUT2D eigenvalue weighted by Crippen LogP contribution is -2.13. The van der Waals surface area contributed by atoms with E-state index in [0.717, 1.165) is 59.6 Å². The summed E-state index contributed by atoms with van der Waals surface area (Å²) in [6, 6.07) is 6.15. The second kappa shape index (κ2) is 9.88. The van der Waals surface area contributed by atoms with Crippen molar-refractivity contribution >= 4 is 25.2 Å². The van der Waals surface area contributed by atoms with Gasteiger partial charge in [0.05, 0.1) is 11.9 Å². The van der Waals surface area contributed by atoms with Crippen LogP contribution in [-0.4, -0.2) is 32.9 Å². The third-order valence-corrected chi connectivity index (χ3v) is 6.87. The SMILES string of the molecule is CC(C)c1nc2c(c(-c3ccc(F)cc3)c1C=CP(=O)(O)CC(=O)CC(=O)O)CCCC2. The summed E-state index contributed by atoms with van der Waals surface area (Å²) in [5.41, 5.74) is 5.15. The number of hydrogen-bond acceptors (Lipinski definition) is 4. The molecule has 1 aromatic carbocycles. The van der Waals surface area contributed by atoms with E-state index in [-0.39, 0.29) is 11.7 Å². The molecule has 0 saturated heterocycles. The normalized spacial score (nSPS) is 15.5. The van der Waals surface area contributed by atoms with Gasteiger partial charge in [-0.1, -0.05) is 26.0 Å². The van der Waals surface area contributed by atoms with Gasteiger partial charge in [0, 0.05) is 17.1 Å². The Kier molecular flexibility index (Phi) is 7.42. The largest absolute Gasteiger partial charge is 0.481 e. The maximum absolute atomic E-state index is 13.6. The molecular weight excluding hydrogens is 432 g/mol. The quantitative estimate of drug-likeness (QED) is 0.417. The summed E-state index contributed by atoms with van der Waals surface area (Å²) in [5.74, 6) is -1.38. The summed E-state index contributed by atoms with van der Waals surface area (Å²) in [4.78, 5) is 37.7. The van der Waals surface area contributed by atoms with Crippen LogP contribution in [-0.2, 0) is 27.0 Å². The molecule has 1 aromatic heterocycles. The molecule has 0 spiro atoms. The molecule has 6 nitrogen and oxygen atoms in total. The molecule has 1 aliphatic rings. The van der Waals surface area contributed by atoms with Crippen LogP contribution in [0.15, 0.2) is 30.1 Å². The number of carbonyl (C=O) groups excluding carboxylic acids is 1. The van der Waals surface area contributed by atoms with E-state index in [0.29, 0.717) is 5.56 Å². The Labute approximate surface area is 186 Å². The van der Waals surface area contributed by atoms with Crippen molar-refractivity contribution in [3.63, 3.8) is 0 Å². The summed E-state index contributed by atoms with van der Waals surface area (Å²) < 4.78 is 26.2. The number of rotatable bonds is 8. The van der Waals surface area contributed by atoms with Crippen molar-refractivity contribution in [2.45, 2.75) is 51.9 Å². The Morgan fingerprint density at radius 1 is 1.19 bits per heavy atom. The molecule has 2 N–H and O–H groups in total. The van der Waals surface area contributed by atoms with Gasteiger partial charge in [-0.2, -0.15) is 0 Å². The van der Waals surface area contributed by atoms with Gasteiger partial charge >= 0.3 is 5.97 Å². The number of carbonyl (C=O) groups is 2. The van der Waals surface area contributed by atoms with Gasteiger partial charge in [-0.05, 0) is 66.5 Å². The molecule has 170 valence electrons. The molecule has 8 heteroatoms. The maximum atomic E-state index is 13.6. The first-order chi connectivity index (χ1) is 15.1. The number of pyridine rings is 1. The van der Waals surface area contributed by atoms with Gasteiger partial charge < -0.3 is 10.00 Å². The van der Waals surface area contributed by atoms with Crippen molar-refractivity contribution in [3.8, 4) is 11.1 Å². The molecule has 0 amide bonds. The molecule has 1 atom stereocenters. The van der Waals surface area contributed by atoms with Crippen LogP contribution < -0.4 is 0 Å². The van der Waals surface area contributed by atoms with Crippen molar-refractivity contribution in [3.05, 3.63) is 58.4 Å². The fraction of sp³-hybridized carbons (Fsp3) is 0.375. The average Bonchev–Trinajstić information content (AvgIpc) is 2.71. The molecule has 32 heavy (non-hydrogen) atoms. The van der Waals surface area contributed by atoms with Crippen LogP contribution in [0.1, 0.15) is 61.5 Å². The third-order valence-electron chi connectivity index (χ3n) is 5.45. The number of aliphatic carboxylic acids is 1. The van der Waals surface area contributed by atoms with Gasteiger partial charge in [0.2, 0.25) is 7.37 Å². The molecule has 2 aromatic rings. The first kappa shape index (κ1) is 24.0. The van der Waals surface area contributed by atoms with Crippen LogP contribution >= 0.6 is 7.37 Å². The lowest BCUT2D eigenvalue weighted by atomic mass is 9.84. The number of carboxylic acid groups (broad SMARTS) is 1. The highest BCUT2D eigenvalue weighted by Crippen LogP contribution is 2.45. The van der Waals surface area contributed by atoms with E-state index in [4.69, 9.17) is 10.1 Å². The average molecular weight is 459 g/mol. The number of fused-ring (bicyclic) bond motifs is 1. The second-order valence-corrected chi connectivity index (χ2v) is 10.5. The third kappa shape index (κ3) is 5.78. The number of Topliss-reactive ketones (excluding diaryl/α,β-unsaturated/α-hetero) is 1. The number of hydrogen-bond donors (Lipinski definition) is 2. The van der Waals surface area contributed by atoms with Crippen LogP contribution in [0.3, 0.4) is 0 Å². The molecule has 0 saturated carbocycles. The van der Waals surface area contributed by atoms with E-state index in [1.807, 2.05) is 13.8 Å². The molecule has 0 bridgehead atoms. The molecule has 1 heterocycles. The Bertz CT molecular complexity index is 1110. The minimum absolute atomic E-state index is 0.0211. The number of carboxylic acids is 1. The summed E-state index contributed by atoms with van der Waals surface area (Å²) in [6.07, 6.45) is 3.67. The lowest BCUT2D eigenvalue weighted by molar-refractivity contribution is -0.139. The molecule has 0 aliphatic heterocycles. The fourth-order valence-corrected chi connectivity index (χ4v) is 5.16. The number of benzene rings is 1. The summed E-state index contributed by atoms with van der Waals surface area (Å²) in [5, 5.41) is 8.74. The fourth-order valence-electron chi connectivity index (χ4n) is 4.05. The molecule has 1 unspecified atom stereocenters.